The van der Waals surface area contributed by atoms with E-state index in [9.17, 15) is 13.6 Å². The summed E-state index contributed by atoms with van der Waals surface area (Å²) in [4.78, 5) is 12.6. The molecule has 3 unspecified atom stereocenters. The smallest absolute Gasteiger partial charge is 0.343 e. The highest BCUT2D eigenvalue weighted by atomic mass is 19.1. The first kappa shape index (κ1) is 23.9. The van der Waals surface area contributed by atoms with Gasteiger partial charge in [0.1, 0.15) is 23.8 Å². The highest BCUT2D eigenvalue weighted by Crippen LogP contribution is 2.40. The fourth-order valence-electron chi connectivity index (χ4n) is 4.97. The van der Waals surface area contributed by atoms with Gasteiger partial charge in [0.15, 0.2) is 0 Å². The average molecular weight is 462 g/mol. The van der Waals surface area contributed by atoms with Gasteiger partial charge in [-0.2, -0.15) is 5.26 Å². The monoisotopic (exact) mass is 461 g/mol. The van der Waals surface area contributed by atoms with Gasteiger partial charge in [0.05, 0.1) is 11.1 Å². The van der Waals surface area contributed by atoms with E-state index in [1.807, 2.05) is 18.2 Å². The Kier molecular flexibility index (Phi) is 7.57. The second kappa shape index (κ2) is 10.8. The molecule has 34 heavy (non-hydrogen) atoms. The van der Waals surface area contributed by atoms with E-state index in [1.54, 1.807) is 24.3 Å². The van der Waals surface area contributed by atoms with Crippen molar-refractivity contribution in [2.24, 2.45) is 5.92 Å². The van der Waals surface area contributed by atoms with Crippen molar-refractivity contribution in [3.8, 4) is 11.8 Å². The molecule has 1 aliphatic carbocycles. The molecule has 0 N–H and O–H groups in total. The van der Waals surface area contributed by atoms with E-state index in [1.165, 1.54) is 37.5 Å². The molecule has 1 saturated carbocycles. The number of carbonyl (C=O) groups excluding carboxylic acids is 1. The van der Waals surface area contributed by atoms with Crippen LogP contribution >= 0.6 is 0 Å². The van der Waals surface area contributed by atoms with Crippen LogP contribution in [0.4, 0.5) is 8.78 Å². The molecule has 0 heterocycles. The van der Waals surface area contributed by atoms with Gasteiger partial charge in [-0.05, 0) is 72.5 Å². The summed E-state index contributed by atoms with van der Waals surface area (Å²) < 4.78 is 34.7. The minimum absolute atomic E-state index is 0.0298. The van der Waals surface area contributed by atoms with Crippen LogP contribution in [0, 0.1) is 23.1 Å². The number of carbonyl (C=O) groups is 1. The molecule has 3 aromatic rings. The van der Waals surface area contributed by atoms with Crippen molar-refractivity contribution in [2.45, 2.75) is 64.0 Å². The first-order valence-corrected chi connectivity index (χ1v) is 12.1. The number of esters is 1. The molecule has 1 aliphatic rings. The van der Waals surface area contributed by atoms with Gasteiger partial charge in [0.25, 0.3) is 0 Å². The highest BCUT2D eigenvalue weighted by molar-refractivity contribution is 5.92. The van der Waals surface area contributed by atoms with Crippen LogP contribution in [0.1, 0.15) is 79.3 Å². The number of benzene rings is 3. The molecular formula is C29H29F2NO2. The summed E-state index contributed by atoms with van der Waals surface area (Å²) in [6, 6.07) is 16.4. The summed E-state index contributed by atoms with van der Waals surface area (Å²) in [5.41, 5.74) is 1.27. The average Bonchev–Trinajstić information content (AvgIpc) is 2.85. The Balaban J connectivity index is 1.39. The zero-order valence-corrected chi connectivity index (χ0v) is 19.4. The normalized spacial score (nSPS) is 20.1. The van der Waals surface area contributed by atoms with E-state index in [0.717, 1.165) is 24.8 Å². The first-order valence-electron chi connectivity index (χ1n) is 12.1. The molecule has 0 aromatic heterocycles. The van der Waals surface area contributed by atoms with Gasteiger partial charge in [0.2, 0.25) is 0 Å². The lowest BCUT2D eigenvalue weighted by Gasteiger charge is -2.32. The number of hydrogen-bond donors (Lipinski definition) is 0. The third-order valence-electron chi connectivity index (χ3n) is 6.93. The maximum atomic E-state index is 14.9. The summed E-state index contributed by atoms with van der Waals surface area (Å²) in [6.07, 6.45) is 6.36. The molecule has 0 spiro atoms. The third kappa shape index (κ3) is 5.28. The van der Waals surface area contributed by atoms with Crippen LogP contribution in [0.25, 0.3) is 10.8 Å². The van der Waals surface area contributed by atoms with Crippen LogP contribution in [0.5, 0.6) is 5.75 Å². The molecular weight excluding hydrogens is 432 g/mol. The third-order valence-corrected chi connectivity index (χ3v) is 6.93. The minimum atomic E-state index is -0.849. The Bertz CT molecular complexity index is 1200. The summed E-state index contributed by atoms with van der Waals surface area (Å²) in [6.45, 7) is 2.18. The van der Waals surface area contributed by atoms with Crippen molar-refractivity contribution in [1.29, 1.82) is 5.26 Å². The van der Waals surface area contributed by atoms with Crippen LogP contribution in [0.3, 0.4) is 0 Å². The van der Waals surface area contributed by atoms with E-state index >= 15 is 0 Å². The molecule has 3 nitrogen and oxygen atoms in total. The van der Waals surface area contributed by atoms with Gasteiger partial charge in [-0.3, -0.25) is 0 Å². The second-order valence-electron chi connectivity index (χ2n) is 9.23. The summed E-state index contributed by atoms with van der Waals surface area (Å²) >= 11 is 0. The predicted octanol–water partition coefficient (Wildman–Crippen LogP) is 7.87. The van der Waals surface area contributed by atoms with Crippen molar-refractivity contribution in [3.63, 3.8) is 0 Å². The highest BCUT2D eigenvalue weighted by Gasteiger charge is 2.31. The Hall–Kier alpha value is -3.26. The van der Waals surface area contributed by atoms with E-state index < -0.39 is 18.0 Å². The fourth-order valence-corrected chi connectivity index (χ4v) is 4.97. The summed E-state index contributed by atoms with van der Waals surface area (Å²) in [5, 5.41) is 9.80. The molecule has 3 aromatic carbocycles. The van der Waals surface area contributed by atoms with Gasteiger partial charge in [0, 0.05) is 11.3 Å². The van der Waals surface area contributed by atoms with Crippen molar-refractivity contribution in [3.05, 3.63) is 77.1 Å². The lowest BCUT2D eigenvalue weighted by molar-refractivity contribution is 0.0735. The standard InChI is InChI=1S/C29H29F2NO2/c1-2-3-4-5-19-6-14-25(27(30)16-19)20-7-9-21(10-8-20)29(33)34-24-13-15-26-22(17-24)11-12-23(18-32)28(26)31/h7-13,15,17,19,25,27H,2-6,14,16H2,1H3. The number of nitrogens with zero attached hydrogens (tertiary/aromatic N) is 1. The summed E-state index contributed by atoms with van der Waals surface area (Å²) in [7, 11) is 0. The molecule has 0 amide bonds. The quantitative estimate of drug-likeness (QED) is 0.204. The molecule has 0 radical (unpaired) electrons. The predicted molar refractivity (Wildman–Crippen MR) is 129 cm³/mol. The van der Waals surface area contributed by atoms with Gasteiger partial charge >= 0.3 is 5.97 Å². The maximum absolute atomic E-state index is 14.9. The number of unbranched alkanes of at least 4 members (excludes halogenated alkanes) is 2. The number of hydrogen-bond acceptors (Lipinski definition) is 3. The van der Waals surface area contributed by atoms with Crippen molar-refractivity contribution in [1.82, 2.24) is 0 Å². The van der Waals surface area contributed by atoms with Crippen molar-refractivity contribution < 1.29 is 18.3 Å². The van der Waals surface area contributed by atoms with Crippen LogP contribution in [0.15, 0.2) is 54.6 Å². The second-order valence-corrected chi connectivity index (χ2v) is 9.23. The zero-order valence-electron chi connectivity index (χ0n) is 19.4. The maximum Gasteiger partial charge on any atom is 0.343 e. The lowest BCUT2D eigenvalue weighted by atomic mass is 9.75. The topological polar surface area (TPSA) is 50.1 Å². The number of nitriles is 1. The van der Waals surface area contributed by atoms with E-state index in [0.29, 0.717) is 28.7 Å². The number of alkyl halides is 1. The van der Waals surface area contributed by atoms with Crippen molar-refractivity contribution in [2.75, 3.05) is 0 Å². The molecule has 0 bridgehead atoms. The number of rotatable bonds is 7. The van der Waals surface area contributed by atoms with Gasteiger partial charge < -0.3 is 4.74 Å². The summed E-state index contributed by atoms with van der Waals surface area (Å²) in [5.74, 6) is -0.475. The zero-order chi connectivity index (χ0) is 24.1. The first-order chi connectivity index (χ1) is 16.5. The van der Waals surface area contributed by atoms with Crippen LogP contribution in [-0.2, 0) is 0 Å². The molecule has 0 saturated heterocycles. The van der Waals surface area contributed by atoms with E-state index in [-0.39, 0.29) is 17.2 Å². The Morgan fingerprint density at radius 3 is 2.59 bits per heavy atom. The van der Waals surface area contributed by atoms with Gasteiger partial charge in [-0.25, -0.2) is 13.6 Å². The number of halogens is 2. The SMILES string of the molecule is CCCCCC1CCC(c2ccc(C(=O)Oc3ccc4c(F)c(C#N)ccc4c3)cc2)C(F)C1. The van der Waals surface area contributed by atoms with Crippen LogP contribution < -0.4 is 4.74 Å². The molecule has 3 atom stereocenters. The Morgan fingerprint density at radius 1 is 1.09 bits per heavy atom. The fraction of sp³-hybridized carbons (Fsp3) is 0.379. The molecule has 4 rings (SSSR count). The van der Waals surface area contributed by atoms with E-state index in [2.05, 4.69) is 6.92 Å². The lowest BCUT2D eigenvalue weighted by Crippen LogP contribution is -2.24. The Labute approximate surface area is 199 Å². The van der Waals surface area contributed by atoms with Gasteiger partial charge in [-0.15, -0.1) is 0 Å². The van der Waals surface area contributed by atoms with E-state index in [4.69, 9.17) is 10.00 Å². The van der Waals surface area contributed by atoms with Crippen LogP contribution in [0.2, 0.25) is 0 Å². The van der Waals surface area contributed by atoms with Crippen LogP contribution in [-0.4, -0.2) is 12.1 Å². The largest absolute Gasteiger partial charge is 0.423 e. The Morgan fingerprint density at radius 2 is 1.88 bits per heavy atom. The number of fused-ring (bicyclic) bond motifs is 1. The van der Waals surface area contributed by atoms with Gasteiger partial charge in [-0.1, -0.05) is 50.8 Å². The molecule has 5 heteroatoms. The molecule has 0 aliphatic heterocycles. The number of ether oxygens (including phenoxy) is 1. The van der Waals surface area contributed by atoms with Crippen molar-refractivity contribution >= 4 is 16.7 Å². The molecule has 1 fully saturated rings. The molecule has 176 valence electrons. The minimum Gasteiger partial charge on any atom is -0.423 e.